The van der Waals surface area contributed by atoms with E-state index in [9.17, 15) is 0 Å². The van der Waals surface area contributed by atoms with Gasteiger partial charge < -0.3 is 5.73 Å². The average molecular weight is 292 g/mol. The van der Waals surface area contributed by atoms with Gasteiger partial charge in [0.1, 0.15) is 0 Å². The molecule has 4 heteroatoms. The molecule has 0 aliphatic heterocycles. The number of anilines is 1. The second kappa shape index (κ2) is 4.05. The molecule has 1 aromatic rings. The number of nitrogens with two attached hydrogens (primary N) is 1. The number of nitrogens with zero attached hydrogens (tertiary/aromatic N) is 1. The quantitative estimate of drug-likeness (QED) is 0.627. The Morgan fingerprint density at radius 2 is 2.08 bits per heavy atom. The lowest BCUT2D eigenvalue weighted by Crippen LogP contribution is -1.94. The van der Waals surface area contributed by atoms with E-state index in [-0.39, 0.29) is 0 Å². The molecule has 2 nitrogen and oxygen atoms in total. The van der Waals surface area contributed by atoms with E-state index < -0.39 is 0 Å². The molecule has 0 saturated carbocycles. The molecule has 0 unspecified atom stereocenters. The summed E-state index contributed by atoms with van der Waals surface area (Å²) in [5.74, 6) is 0. The van der Waals surface area contributed by atoms with Crippen molar-refractivity contribution in [3.05, 3.63) is 26.6 Å². The number of halogens is 2. The van der Waals surface area contributed by atoms with Crippen LogP contribution in [0, 0.1) is 0 Å². The van der Waals surface area contributed by atoms with E-state index in [0.29, 0.717) is 5.69 Å². The van der Waals surface area contributed by atoms with Gasteiger partial charge in [-0.25, -0.2) is 0 Å². The van der Waals surface area contributed by atoms with E-state index in [1.807, 2.05) is 12.1 Å². The summed E-state index contributed by atoms with van der Waals surface area (Å²) < 4.78 is 1.87. The molecular formula is C8H8Br2N2. The van der Waals surface area contributed by atoms with Gasteiger partial charge in [0.05, 0.1) is 5.69 Å². The highest BCUT2D eigenvalue weighted by Crippen LogP contribution is 2.26. The van der Waals surface area contributed by atoms with Crippen LogP contribution in [0.25, 0.3) is 0 Å². The van der Waals surface area contributed by atoms with Crippen molar-refractivity contribution in [2.24, 2.45) is 4.99 Å². The topological polar surface area (TPSA) is 38.4 Å². The highest BCUT2D eigenvalue weighted by Gasteiger charge is 2.02. The van der Waals surface area contributed by atoms with Gasteiger partial charge >= 0.3 is 0 Å². The first kappa shape index (κ1) is 9.74. The normalized spacial score (nSPS) is 10.9. The minimum Gasteiger partial charge on any atom is -0.397 e. The maximum atomic E-state index is 5.78. The second-order valence-corrected chi connectivity index (χ2v) is 4.05. The van der Waals surface area contributed by atoms with Crippen molar-refractivity contribution < 1.29 is 0 Å². The fourth-order valence-corrected chi connectivity index (χ4v) is 2.11. The Labute approximate surface area is 88.1 Å². The molecule has 0 radical (unpaired) electrons. The molecule has 2 N–H and O–H groups in total. The molecule has 0 spiro atoms. The molecule has 1 rings (SSSR count). The van der Waals surface area contributed by atoms with Gasteiger partial charge in [-0.1, -0.05) is 15.9 Å². The third-order valence-electron chi connectivity index (χ3n) is 1.39. The minimum absolute atomic E-state index is 0.712. The Kier molecular flexibility index (Phi) is 3.29. The van der Waals surface area contributed by atoms with Crippen molar-refractivity contribution >= 4 is 43.8 Å². The highest BCUT2D eigenvalue weighted by atomic mass is 79.9. The molecule has 0 heterocycles. The van der Waals surface area contributed by atoms with Crippen molar-refractivity contribution in [2.45, 2.75) is 0 Å². The van der Waals surface area contributed by atoms with Crippen molar-refractivity contribution in [2.75, 3.05) is 12.8 Å². The van der Waals surface area contributed by atoms with Crippen molar-refractivity contribution in [1.82, 2.24) is 0 Å². The van der Waals surface area contributed by atoms with Crippen LogP contribution in [0.4, 0.5) is 5.69 Å². The van der Waals surface area contributed by atoms with E-state index >= 15 is 0 Å². The predicted octanol–water partition coefficient (Wildman–Crippen LogP) is 2.84. The predicted molar refractivity (Wildman–Crippen MR) is 59.8 cm³/mol. The summed E-state index contributed by atoms with van der Waals surface area (Å²) in [7, 11) is 1.72. The van der Waals surface area contributed by atoms with Crippen molar-refractivity contribution in [3.63, 3.8) is 0 Å². The maximum Gasteiger partial charge on any atom is 0.0548 e. The molecule has 0 bridgehead atoms. The Morgan fingerprint density at radius 3 is 2.67 bits per heavy atom. The summed E-state index contributed by atoms with van der Waals surface area (Å²) in [6.45, 7) is 0. The fourth-order valence-electron chi connectivity index (χ4n) is 0.851. The Hall–Kier alpha value is -0.350. The first-order chi connectivity index (χ1) is 5.65. The SMILES string of the molecule is CN=Cc1cc(Br)cc(Br)c1N. The lowest BCUT2D eigenvalue weighted by molar-refractivity contribution is 1.45. The van der Waals surface area contributed by atoms with Crippen LogP contribution in [0.3, 0.4) is 0 Å². The van der Waals surface area contributed by atoms with E-state index in [2.05, 4.69) is 36.9 Å². The lowest BCUT2D eigenvalue weighted by atomic mass is 10.2. The van der Waals surface area contributed by atoms with Gasteiger partial charge in [-0.15, -0.1) is 0 Å². The van der Waals surface area contributed by atoms with E-state index in [1.54, 1.807) is 13.3 Å². The molecule has 0 aliphatic rings. The van der Waals surface area contributed by atoms with E-state index in [1.165, 1.54) is 0 Å². The molecule has 0 atom stereocenters. The van der Waals surface area contributed by atoms with Gasteiger partial charge in [-0.2, -0.15) is 0 Å². The van der Waals surface area contributed by atoms with Crippen LogP contribution < -0.4 is 5.73 Å². The van der Waals surface area contributed by atoms with Gasteiger partial charge in [-0.3, -0.25) is 4.99 Å². The number of aliphatic imine (C=N–C) groups is 1. The lowest BCUT2D eigenvalue weighted by Gasteiger charge is -2.03. The smallest absolute Gasteiger partial charge is 0.0548 e. The summed E-state index contributed by atoms with van der Waals surface area (Å²) in [6.07, 6.45) is 1.73. The average Bonchev–Trinajstić information content (AvgIpc) is 2.00. The van der Waals surface area contributed by atoms with Crippen molar-refractivity contribution in [3.8, 4) is 0 Å². The number of hydrogen-bond acceptors (Lipinski definition) is 2. The van der Waals surface area contributed by atoms with Crippen LogP contribution >= 0.6 is 31.9 Å². The zero-order chi connectivity index (χ0) is 9.14. The Balaban J connectivity index is 3.27. The van der Waals surface area contributed by atoms with Gasteiger partial charge in [0.2, 0.25) is 0 Å². The molecule has 0 fully saturated rings. The maximum absolute atomic E-state index is 5.78. The molecule has 0 amide bonds. The zero-order valence-corrected chi connectivity index (χ0v) is 9.68. The summed E-state index contributed by atoms with van der Waals surface area (Å²) in [5.41, 5.74) is 7.41. The molecule has 64 valence electrons. The molecular weight excluding hydrogens is 284 g/mol. The van der Waals surface area contributed by atoms with Gasteiger partial charge in [-0.05, 0) is 28.1 Å². The summed E-state index contributed by atoms with van der Waals surface area (Å²) >= 11 is 6.72. The number of hydrogen-bond donors (Lipinski definition) is 1. The molecule has 0 saturated heterocycles. The Bertz CT molecular complexity index is 321. The Morgan fingerprint density at radius 1 is 1.42 bits per heavy atom. The van der Waals surface area contributed by atoms with Crippen LogP contribution in [-0.4, -0.2) is 13.3 Å². The van der Waals surface area contributed by atoms with E-state index in [0.717, 1.165) is 14.5 Å². The second-order valence-electron chi connectivity index (χ2n) is 2.28. The van der Waals surface area contributed by atoms with Crippen LogP contribution in [0.2, 0.25) is 0 Å². The summed E-state index contributed by atoms with van der Waals surface area (Å²) in [6, 6.07) is 3.83. The molecule has 12 heavy (non-hydrogen) atoms. The first-order valence-corrected chi connectivity index (χ1v) is 4.90. The van der Waals surface area contributed by atoms with Crippen LogP contribution in [-0.2, 0) is 0 Å². The van der Waals surface area contributed by atoms with E-state index in [4.69, 9.17) is 5.73 Å². The van der Waals surface area contributed by atoms with Gasteiger partial charge in [0, 0.05) is 27.8 Å². The number of benzene rings is 1. The van der Waals surface area contributed by atoms with Crippen LogP contribution in [0.5, 0.6) is 0 Å². The molecule has 1 aromatic carbocycles. The summed E-state index contributed by atoms with van der Waals surface area (Å²) in [4.78, 5) is 3.90. The van der Waals surface area contributed by atoms with Crippen molar-refractivity contribution in [1.29, 1.82) is 0 Å². The third kappa shape index (κ3) is 2.08. The first-order valence-electron chi connectivity index (χ1n) is 3.32. The molecule has 0 aromatic heterocycles. The number of nitrogen functional groups attached to an aromatic ring is 1. The highest BCUT2D eigenvalue weighted by molar-refractivity contribution is 9.11. The fraction of sp³-hybridized carbons (Fsp3) is 0.125. The summed E-state index contributed by atoms with van der Waals surface area (Å²) in [5, 5.41) is 0. The van der Waals surface area contributed by atoms with Crippen LogP contribution in [0.15, 0.2) is 26.1 Å². The van der Waals surface area contributed by atoms with Gasteiger partial charge in [0.15, 0.2) is 0 Å². The van der Waals surface area contributed by atoms with Crippen LogP contribution in [0.1, 0.15) is 5.56 Å². The molecule has 0 aliphatic carbocycles. The minimum atomic E-state index is 0.712. The van der Waals surface area contributed by atoms with Gasteiger partial charge in [0.25, 0.3) is 0 Å². The standard InChI is InChI=1S/C8H8Br2N2/c1-12-4-5-2-6(9)3-7(10)8(5)11/h2-4H,11H2,1H3. The zero-order valence-electron chi connectivity index (χ0n) is 6.51. The monoisotopic (exact) mass is 290 g/mol. The largest absolute Gasteiger partial charge is 0.397 e. The third-order valence-corrected chi connectivity index (χ3v) is 2.51. The number of rotatable bonds is 1.